The van der Waals surface area contributed by atoms with E-state index in [2.05, 4.69) is 5.32 Å². The van der Waals surface area contributed by atoms with Crippen LogP contribution in [0.15, 0.2) is 72.8 Å². The van der Waals surface area contributed by atoms with Crippen molar-refractivity contribution >= 4 is 23.7 Å². The van der Waals surface area contributed by atoms with Crippen LogP contribution in [0.5, 0.6) is 17.2 Å². The Balaban J connectivity index is 1.55. The van der Waals surface area contributed by atoms with E-state index in [4.69, 9.17) is 18.9 Å². The number of urea groups is 1. The van der Waals surface area contributed by atoms with E-state index >= 15 is 0 Å². The molecule has 0 saturated carbocycles. The molecular weight excluding hydrogens is 620 g/mol. The lowest BCUT2D eigenvalue weighted by atomic mass is 9.80. The molecule has 47 heavy (non-hydrogen) atoms. The lowest BCUT2D eigenvalue weighted by molar-refractivity contribution is -0.147. The van der Waals surface area contributed by atoms with Crippen molar-refractivity contribution in [3.63, 3.8) is 0 Å². The van der Waals surface area contributed by atoms with E-state index in [1.54, 1.807) is 21.3 Å². The van der Waals surface area contributed by atoms with Gasteiger partial charge in [0.05, 0.1) is 32.8 Å². The number of thioether (sulfide) groups is 1. The van der Waals surface area contributed by atoms with Gasteiger partial charge in [0.1, 0.15) is 29.0 Å². The quantitative estimate of drug-likeness (QED) is 0.241. The molecule has 2 saturated heterocycles. The monoisotopic (exact) mass is 664 g/mol. The third kappa shape index (κ3) is 6.94. The highest BCUT2D eigenvalue weighted by molar-refractivity contribution is 8.00. The number of carbonyl (C=O) groups excluding carboxylic acids is 2. The number of ether oxygens (including phenoxy) is 4. The maximum Gasteiger partial charge on any atom is 0.327 e. The van der Waals surface area contributed by atoms with E-state index < -0.39 is 40.2 Å². The van der Waals surface area contributed by atoms with Gasteiger partial charge in [0.15, 0.2) is 5.06 Å². The van der Waals surface area contributed by atoms with Crippen molar-refractivity contribution in [3.05, 3.63) is 89.5 Å². The molecule has 5 rings (SSSR count). The third-order valence-corrected chi connectivity index (χ3v) is 10.3. The van der Waals surface area contributed by atoms with Crippen LogP contribution in [0.1, 0.15) is 37.0 Å². The lowest BCUT2D eigenvalue weighted by Crippen LogP contribution is -2.66. The number of aliphatic hydroxyl groups is 2. The average molecular weight is 665 g/mol. The summed E-state index contributed by atoms with van der Waals surface area (Å²) in [6.45, 7) is 3.76. The van der Waals surface area contributed by atoms with E-state index in [0.29, 0.717) is 29.4 Å². The van der Waals surface area contributed by atoms with Crippen LogP contribution in [0.2, 0.25) is 0 Å². The van der Waals surface area contributed by atoms with Crippen LogP contribution in [-0.4, -0.2) is 83.5 Å². The number of hydrogen-bond donors (Lipinski definition) is 3. The Bertz CT molecular complexity index is 1590. The van der Waals surface area contributed by atoms with Gasteiger partial charge < -0.3 is 29.2 Å². The highest BCUT2D eigenvalue weighted by Gasteiger charge is 2.63. The van der Waals surface area contributed by atoms with E-state index in [1.807, 2.05) is 86.6 Å². The van der Waals surface area contributed by atoms with Gasteiger partial charge in [-0.1, -0.05) is 61.5 Å². The van der Waals surface area contributed by atoms with Crippen molar-refractivity contribution in [3.8, 4) is 17.2 Å². The lowest BCUT2D eigenvalue weighted by Gasteiger charge is -2.47. The molecular formula is C36H44N2O8S. The Morgan fingerprint density at radius 1 is 0.894 bits per heavy atom. The first-order valence-corrected chi connectivity index (χ1v) is 16.7. The molecule has 11 heteroatoms. The number of nitrogens with zero attached hydrogens (tertiary/aromatic N) is 1. The van der Waals surface area contributed by atoms with Gasteiger partial charge in [-0.3, -0.25) is 15.0 Å². The predicted octanol–water partition coefficient (Wildman–Crippen LogP) is 4.59. The number of imide groups is 1. The summed E-state index contributed by atoms with van der Waals surface area (Å²) in [5.74, 6) is 1.96. The fourth-order valence-corrected chi connectivity index (χ4v) is 8.13. The van der Waals surface area contributed by atoms with Crippen LogP contribution in [0.3, 0.4) is 0 Å². The normalized spacial score (nSPS) is 26.5. The molecule has 10 nitrogen and oxygen atoms in total. The van der Waals surface area contributed by atoms with Crippen molar-refractivity contribution in [2.24, 2.45) is 5.41 Å². The number of rotatable bonds is 13. The molecule has 0 bridgehead atoms. The van der Waals surface area contributed by atoms with Crippen molar-refractivity contribution in [2.75, 3.05) is 33.6 Å². The minimum absolute atomic E-state index is 0.0166. The van der Waals surface area contributed by atoms with E-state index in [0.717, 1.165) is 16.7 Å². The summed E-state index contributed by atoms with van der Waals surface area (Å²) in [6, 6.07) is 21.6. The van der Waals surface area contributed by atoms with Crippen LogP contribution >= 0.6 is 11.8 Å². The molecule has 0 spiro atoms. The Hall–Kier alpha value is -3.77. The topological polar surface area (TPSA) is 127 Å². The summed E-state index contributed by atoms with van der Waals surface area (Å²) in [4.78, 5) is 28.7. The van der Waals surface area contributed by atoms with Gasteiger partial charge in [-0.2, -0.15) is 0 Å². The van der Waals surface area contributed by atoms with Crippen molar-refractivity contribution in [1.29, 1.82) is 0 Å². The number of hydrogen-bond acceptors (Lipinski definition) is 9. The average Bonchev–Trinajstić information content (AvgIpc) is 3.36. The first-order chi connectivity index (χ1) is 22.5. The molecule has 3 amide bonds. The molecule has 5 atom stereocenters. The maximum absolute atomic E-state index is 13.8. The SMILES string of the molecule is CCS[C@]1(N2CC(C)(Cc3ccccc3OC)C(=O)NC2=O)C[C@@](O)(Cc2ccccc2OC)[C@@H](C(O)Cc2ccccc2OC)O1. The second-order valence-electron chi connectivity index (χ2n) is 12.4. The first kappa shape index (κ1) is 34.6. The molecule has 252 valence electrons. The molecule has 2 aliphatic rings. The Morgan fingerprint density at radius 3 is 1.96 bits per heavy atom. The number of aliphatic hydroxyl groups excluding tert-OH is 1. The Kier molecular flexibility index (Phi) is 10.4. The fraction of sp³-hybridized carbons (Fsp3) is 0.444. The summed E-state index contributed by atoms with van der Waals surface area (Å²) >= 11 is 1.35. The van der Waals surface area contributed by atoms with E-state index in [9.17, 15) is 19.8 Å². The van der Waals surface area contributed by atoms with E-state index in [1.165, 1.54) is 16.7 Å². The maximum atomic E-state index is 13.8. The van der Waals surface area contributed by atoms with Gasteiger partial charge in [-0.25, -0.2) is 4.79 Å². The van der Waals surface area contributed by atoms with E-state index in [-0.39, 0.29) is 25.8 Å². The van der Waals surface area contributed by atoms with Gasteiger partial charge in [-0.05, 0) is 54.0 Å². The van der Waals surface area contributed by atoms with Crippen LogP contribution in [-0.2, 0) is 28.8 Å². The Morgan fingerprint density at radius 2 is 1.40 bits per heavy atom. The van der Waals surface area contributed by atoms with Gasteiger partial charge in [-0.15, -0.1) is 11.8 Å². The standard InChI is InChI=1S/C36H44N2O8S/c1-6-47-36(38-23-34(2,32(40)37-33(38)41)20-25-14-8-11-17-29(25)44-4)22-35(42,21-26-15-9-12-18-30(26)45-5)31(46-36)27(39)19-24-13-7-10-16-28(24)43-3/h7-18,27,31,39,42H,6,19-23H2,1-5H3,(H,37,40,41)/t27?,31-,34?,35+,36+/m1/s1. The number of carbonyl (C=O) groups is 2. The third-order valence-electron chi connectivity index (χ3n) is 9.11. The second kappa shape index (κ2) is 14.1. The molecule has 3 N–H and O–H groups in total. The zero-order chi connectivity index (χ0) is 33.8. The van der Waals surface area contributed by atoms with Crippen molar-refractivity contribution < 1.29 is 38.7 Å². The molecule has 2 aliphatic heterocycles. The van der Waals surface area contributed by atoms with Gasteiger partial charge in [0.2, 0.25) is 5.91 Å². The smallest absolute Gasteiger partial charge is 0.327 e. The Labute approximate surface area is 280 Å². The van der Waals surface area contributed by atoms with Crippen molar-refractivity contribution in [1.82, 2.24) is 10.2 Å². The highest BCUT2D eigenvalue weighted by Crippen LogP contribution is 2.52. The minimum atomic E-state index is -1.64. The zero-order valence-electron chi connectivity index (χ0n) is 27.5. The molecule has 0 aromatic heterocycles. The number of para-hydroxylation sites is 3. The zero-order valence-corrected chi connectivity index (χ0v) is 28.3. The molecule has 0 radical (unpaired) electrons. The summed E-state index contributed by atoms with van der Waals surface area (Å²) in [5.41, 5.74) is -0.394. The van der Waals surface area contributed by atoms with Crippen LogP contribution < -0.4 is 19.5 Å². The largest absolute Gasteiger partial charge is 0.496 e. The van der Waals surface area contributed by atoms with Gasteiger partial charge >= 0.3 is 6.03 Å². The number of methoxy groups -OCH3 is 3. The van der Waals surface area contributed by atoms with Crippen LogP contribution in [0.4, 0.5) is 4.79 Å². The van der Waals surface area contributed by atoms with Crippen LogP contribution in [0, 0.1) is 5.41 Å². The fourth-order valence-electron chi connectivity index (χ4n) is 6.86. The summed E-state index contributed by atoms with van der Waals surface area (Å²) in [5, 5.41) is 25.6. The van der Waals surface area contributed by atoms with Crippen molar-refractivity contribution in [2.45, 2.75) is 62.4 Å². The molecule has 2 heterocycles. The molecule has 0 aliphatic carbocycles. The first-order valence-electron chi connectivity index (χ1n) is 15.7. The predicted molar refractivity (Wildman–Crippen MR) is 180 cm³/mol. The summed E-state index contributed by atoms with van der Waals surface area (Å²) < 4.78 is 23.5. The van der Waals surface area contributed by atoms with Gasteiger partial charge in [0, 0.05) is 25.8 Å². The molecule has 2 unspecified atom stereocenters. The van der Waals surface area contributed by atoms with Crippen LogP contribution in [0.25, 0.3) is 0 Å². The second-order valence-corrected chi connectivity index (χ2v) is 13.9. The summed E-state index contributed by atoms with van der Waals surface area (Å²) in [6.07, 6.45) is -1.82. The minimum Gasteiger partial charge on any atom is -0.496 e. The molecule has 3 aromatic carbocycles. The molecule has 2 fully saturated rings. The number of nitrogens with one attached hydrogen (secondary N) is 1. The molecule has 3 aromatic rings. The highest BCUT2D eigenvalue weighted by atomic mass is 32.2. The number of benzene rings is 3. The number of amides is 3. The summed E-state index contributed by atoms with van der Waals surface area (Å²) in [7, 11) is 4.71. The van der Waals surface area contributed by atoms with Gasteiger partial charge in [0.25, 0.3) is 0 Å².